The zero-order valence-corrected chi connectivity index (χ0v) is 19.5. The lowest BCUT2D eigenvalue weighted by Crippen LogP contribution is -2.46. The molecule has 1 N–H and O–H groups in total. The Morgan fingerprint density at radius 2 is 1.84 bits per heavy atom. The third-order valence-corrected chi connectivity index (χ3v) is 7.05. The summed E-state index contributed by atoms with van der Waals surface area (Å²) in [6.45, 7) is 5.42. The van der Waals surface area contributed by atoms with Crippen LogP contribution >= 0.6 is 23.4 Å². The van der Waals surface area contributed by atoms with Gasteiger partial charge in [-0.1, -0.05) is 48.9 Å². The van der Waals surface area contributed by atoms with Crippen molar-refractivity contribution in [2.45, 2.75) is 38.8 Å². The van der Waals surface area contributed by atoms with Gasteiger partial charge in [-0.05, 0) is 42.9 Å². The highest BCUT2D eigenvalue weighted by molar-refractivity contribution is 8.15. The molecule has 1 spiro atoms. The molecule has 0 radical (unpaired) electrons. The predicted octanol–water partition coefficient (Wildman–Crippen LogP) is 6.02. The maximum absolute atomic E-state index is 12.8. The highest BCUT2D eigenvalue weighted by atomic mass is 35.5. The number of aryl methyl sites for hydroxylation is 1. The summed E-state index contributed by atoms with van der Waals surface area (Å²) in [5.41, 5.74) is 3.44. The van der Waals surface area contributed by atoms with Gasteiger partial charge in [0.25, 0.3) is 0 Å². The Bertz CT molecular complexity index is 1010. The van der Waals surface area contributed by atoms with E-state index in [1.165, 1.54) is 0 Å². The summed E-state index contributed by atoms with van der Waals surface area (Å²) in [6, 6.07) is 15.6. The maximum atomic E-state index is 12.8. The predicted molar refractivity (Wildman–Crippen MR) is 132 cm³/mol. The second-order valence-corrected chi connectivity index (χ2v) is 9.47. The maximum Gasteiger partial charge on any atom is 0.321 e. The first kappa shape index (κ1) is 21.9. The fourth-order valence-corrected chi connectivity index (χ4v) is 4.88. The van der Waals surface area contributed by atoms with Crippen molar-refractivity contribution >= 4 is 45.8 Å². The highest BCUT2D eigenvalue weighted by Gasteiger charge is 2.40. The van der Waals surface area contributed by atoms with Gasteiger partial charge in [0.2, 0.25) is 0 Å². The van der Waals surface area contributed by atoms with Gasteiger partial charge in [0.05, 0.1) is 5.71 Å². The Kier molecular flexibility index (Phi) is 6.68. The molecule has 0 atom stereocenters. The number of hydrogen-bond donors (Lipinski definition) is 1. The molecule has 1 fully saturated rings. The number of carbonyl (C=O) groups is 1. The average Bonchev–Trinajstić information content (AvgIpc) is 3.12. The molecule has 0 aliphatic carbocycles. The molecule has 0 saturated carbocycles. The fourth-order valence-electron chi connectivity index (χ4n) is 3.82. The number of nitrogens with one attached hydrogen (secondary N) is 1. The number of anilines is 1. The van der Waals surface area contributed by atoms with Crippen molar-refractivity contribution in [3.63, 3.8) is 0 Å². The van der Waals surface area contributed by atoms with Crippen LogP contribution in [-0.4, -0.2) is 46.2 Å². The smallest absolute Gasteiger partial charge is 0.321 e. The summed E-state index contributed by atoms with van der Waals surface area (Å²) >= 11 is 7.84. The summed E-state index contributed by atoms with van der Waals surface area (Å²) in [6.07, 6.45) is 2.53. The number of urea groups is 1. The van der Waals surface area contributed by atoms with Crippen LogP contribution in [0.2, 0.25) is 5.02 Å². The van der Waals surface area contributed by atoms with Crippen LogP contribution in [0.15, 0.2) is 58.5 Å². The number of aliphatic imine (C=N–C) groups is 2. The summed E-state index contributed by atoms with van der Waals surface area (Å²) in [7, 11) is 0. The van der Waals surface area contributed by atoms with Crippen molar-refractivity contribution in [1.82, 2.24) is 4.90 Å². The minimum Gasteiger partial charge on any atom is -0.324 e. The van der Waals surface area contributed by atoms with Gasteiger partial charge in [0.1, 0.15) is 5.04 Å². The van der Waals surface area contributed by atoms with Gasteiger partial charge in [0.15, 0.2) is 5.66 Å². The van der Waals surface area contributed by atoms with E-state index in [1.54, 1.807) is 11.8 Å². The van der Waals surface area contributed by atoms with E-state index in [1.807, 2.05) is 60.4 Å². The molecule has 31 heavy (non-hydrogen) atoms. The van der Waals surface area contributed by atoms with Crippen LogP contribution in [0.4, 0.5) is 10.5 Å². The number of rotatable bonds is 4. The van der Waals surface area contributed by atoms with Crippen LogP contribution in [0.25, 0.3) is 0 Å². The number of benzene rings is 2. The number of carbonyl (C=O) groups excluding carboxylic acids is 1. The molecule has 2 aliphatic rings. The molecule has 2 aromatic carbocycles. The summed E-state index contributed by atoms with van der Waals surface area (Å²) in [5, 5.41) is 4.75. The first-order chi connectivity index (χ1) is 15.0. The number of likely N-dealkylation sites (tertiary alicyclic amines) is 1. The molecule has 2 amide bonds. The first-order valence-corrected chi connectivity index (χ1v) is 12.1. The van der Waals surface area contributed by atoms with Crippen LogP contribution in [0, 0.1) is 6.92 Å². The lowest BCUT2D eigenvalue weighted by Gasteiger charge is -2.35. The molecule has 7 heteroatoms. The van der Waals surface area contributed by atoms with Gasteiger partial charge in [-0.3, -0.25) is 4.99 Å². The van der Waals surface area contributed by atoms with Crippen molar-refractivity contribution in [1.29, 1.82) is 0 Å². The zero-order chi connectivity index (χ0) is 21.8. The molecule has 1 saturated heterocycles. The van der Waals surface area contributed by atoms with Crippen LogP contribution < -0.4 is 5.32 Å². The van der Waals surface area contributed by atoms with Crippen molar-refractivity contribution < 1.29 is 4.79 Å². The van der Waals surface area contributed by atoms with E-state index in [4.69, 9.17) is 21.6 Å². The number of hydrogen-bond acceptors (Lipinski definition) is 4. The van der Waals surface area contributed by atoms with E-state index in [2.05, 4.69) is 12.2 Å². The van der Waals surface area contributed by atoms with Crippen molar-refractivity contribution in [3.05, 3.63) is 64.7 Å². The number of amides is 2. The minimum absolute atomic E-state index is 0.0615. The third-order valence-electron chi connectivity index (χ3n) is 5.63. The number of nitrogens with zero attached hydrogens (tertiary/aromatic N) is 3. The summed E-state index contributed by atoms with van der Waals surface area (Å²) < 4.78 is 0. The number of thioether (sulfide) groups is 1. The molecule has 0 unspecified atom stereocenters. The molecule has 2 heterocycles. The van der Waals surface area contributed by atoms with E-state index < -0.39 is 5.66 Å². The van der Waals surface area contributed by atoms with E-state index in [-0.39, 0.29) is 6.03 Å². The highest BCUT2D eigenvalue weighted by Crippen LogP contribution is 2.36. The quantitative estimate of drug-likeness (QED) is 0.614. The fraction of sp³-hybridized carbons (Fsp3) is 0.375. The molecule has 4 rings (SSSR count). The Labute approximate surface area is 193 Å². The van der Waals surface area contributed by atoms with E-state index in [9.17, 15) is 4.79 Å². The second kappa shape index (κ2) is 9.45. The molecule has 162 valence electrons. The third kappa shape index (κ3) is 4.96. The molecular weight excluding hydrogens is 428 g/mol. The van der Waals surface area contributed by atoms with Crippen LogP contribution in [0.5, 0.6) is 0 Å². The second-order valence-electron chi connectivity index (χ2n) is 7.95. The SMILES string of the molecule is CCCSC1=NC2(CCN(C(=O)Nc3ccccc3C)CC2)N=C1c1ccc(Cl)cc1. The van der Waals surface area contributed by atoms with E-state index >= 15 is 0 Å². The Morgan fingerprint density at radius 1 is 1.13 bits per heavy atom. The largest absolute Gasteiger partial charge is 0.324 e. The zero-order valence-electron chi connectivity index (χ0n) is 17.9. The number of halogens is 1. The van der Waals surface area contributed by atoms with Crippen molar-refractivity contribution in [2.24, 2.45) is 9.98 Å². The van der Waals surface area contributed by atoms with Crippen LogP contribution in [-0.2, 0) is 0 Å². The van der Waals surface area contributed by atoms with Gasteiger partial charge in [-0.15, -0.1) is 11.8 Å². The van der Waals surface area contributed by atoms with Crippen molar-refractivity contribution in [2.75, 3.05) is 24.2 Å². The molecule has 0 aromatic heterocycles. The summed E-state index contributed by atoms with van der Waals surface area (Å²) in [5.74, 6) is 1.01. The van der Waals surface area contributed by atoms with Crippen molar-refractivity contribution in [3.8, 4) is 0 Å². The Hall–Kier alpha value is -2.31. The normalized spacial score (nSPS) is 17.5. The molecular formula is C24H27ClN4OS. The summed E-state index contributed by atoms with van der Waals surface area (Å²) in [4.78, 5) is 24.8. The molecule has 0 bridgehead atoms. The lowest BCUT2D eigenvalue weighted by atomic mass is 9.98. The number of para-hydroxylation sites is 1. The standard InChI is InChI=1S/C24H27ClN4OS/c1-3-16-31-22-21(18-8-10-19(25)11-9-18)27-24(28-22)12-14-29(15-13-24)23(30)26-20-7-5-4-6-17(20)2/h4-11H,3,12-16H2,1-2H3,(H,26,30). The van der Waals surface area contributed by atoms with Gasteiger partial charge < -0.3 is 10.2 Å². The van der Waals surface area contributed by atoms with Gasteiger partial charge in [0, 0.05) is 42.2 Å². The first-order valence-electron chi connectivity index (χ1n) is 10.7. The lowest BCUT2D eigenvalue weighted by molar-refractivity contribution is 0.175. The number of piperidine rings is 1. The monoisotopic (exact) mass is 454 g/mol. The average molecular weight is 455 g/mol. The van der Waals surface area contributed by atoms with Crippen LogP contribution in [0.3, 0.4) is 0 Å². The Balaban J connectivity index is 1.48. The molecule has 2 aliphatic heterocycles. The van der Waals surface area contributed by atoms with Gasteiger partial charge in [-0.2, -0.15) is 0 Å². The molecule has 5 nitrogen and oxygen atoms in total. The van der Waals surface area contributed by atoms with Crippen LogP contribution in [0.1, 0.15) is 37.3 Å². The van der Waals surface area contributed by atoms with E-state index in [0.29, 0.717) is 18.1 Å². The van der Waals surface area contributed by atoms with Gasteiger partial charge in [-0.25, -0.2) is 9.79 Å². The topological polar surface area (TPSA) is 57.1 Å². The molecule has 2 aromatic rings. The minimum atomic E-state index is -0.468. The van der Waals surface area contributed by atoms with Gasteiger partial charge >= 0.3 is 6.03 Å². The Morgan fingerprint density at radius 3 is 2.52 bits per heavy atom. The van der Waals surface area contributed by atoms with E-state index in [0.717, 1.165) is 52.6 Å².